The molecule has 2 aromatic heterocycles. The molecule has 0 bridgehead atoms. The number of H-pyrrole nitrogens is 1. The number of nitrogens with one attached hydrogen (secondary N) is 2. The van der Waals surface area contributed by atoms with Gasteiger partial charge >= 0.3 is 0 Å². The van der Waals surface area contributed by atoms with Crippen molar-refractivity contribution in [3.05, 3.63) is 33.9 Å². The number of aromatic amines is 1. The van der Waals surface area contributed by atoms with Crippen LogP contribution in [0.1, 0.15) is 50.4 Å². The first-order chi connectivity index (χ1) is 13.4. The molecule has 9 nitrogen and oxygen atoms in total. The van der Waals surface area contributed by atoms with E-state index in [1.165, 1.54) is 10.7 Å². The average molecular weight is 386 g/mol. The Morgan fingerprint density at radius 2 is 2.00 bits per heavy atom. The van der Waals surface area contributed by atoms with E-state index in [1.807, 2.05) is 6.92 Å². The van der Waals surface area contributed by atoms with Crippen LogP contribution in [0.25, 0.3) is 5.95 Å². The standard InChI is InChI=1S/C19H25N5O4/c1-3-6-12-10-16(25)22-19(20-12)24-15(9-11(2)23-24)21-17(26)13-7-4-5-8-14(13)18(27)28/h9-10,13-14H,3-8H2,1-2H3,(H,21,26)(H,27,28)(H,20,22,25)/p-1/t13-,14-/m1/s1. The summed E-state index contributed by atoms with van der Waals surface area (Å²) in [4.78, 5) is 43.2. The number of rotatable bonds is 6. The normalized spacial score (nSPS) is 19.4. The fourth-order valence-corrected chi connectivity index (χ4v) is 3.67. The van der Waals surface area contributed by atoms with Crippen molar-refractivity contribution >= 4 is 17.7 Å². The summed E-state index contributed by atoms with van der Waals surface area (Å²) in [6.45, 7) is 3.74. The Hall–Kier alpha value is -2.97. The third-order valence-corrected chi connectivity index (χ3v) is 4.98. The van der Waals surface area contributed by atoms with E-state index < -0.39 is 17.8 Å². The highest BCUT2D eigenvalue weighted by Gasteiger charge is 2.32. The molecule has 1 aliphatic rings. The van der Waals surface area contributed by atoms with Crippen LogP contribution in [0.5, 0.6) is 0 Å². The zero-order chi connectivity index (χ0) is 20.3. The molecule has 0 aromatic carbocycles. The second-order valence-electron chi connectivity index (χ2n) is 7.20. The van der Waals surface area contributed by atoms with Gasteiger partial charge in [0, 0.05) is 35.6 Å². The molecular weight excluding hydrogens is 362 g/mol. The maximum absolute atomic E-state index is 12.8. The Bertz CT molecular complexity index is 933. The molecule has 0 radical (unpaired) electrons. The lowest BCUT2D eigenvalue weighted by molar-refractivity contribution is -0.313. The van der Waals surface area contributed by atoms with Crippen LogP contribution in [-0.2, 0) is 16.0 Å². The molecule has 0 spiro atoms. The molecule has 1 fully saturated rings. The van der Waals surface area contributed by atoms with Crippen molar-refractivity contribution in [1.29, 1.82) is 0 Å². The molecule has 0 unspecified atom stereocenters. The highest BCUT2D eigenvalue weighted by molar-refractivity contribution is 5.94. The zero-order valence-electron chi connectivity index (χ0n) is 16.0. The number of carbonyl (C=O) groups excluding carboxylic acids is 2. The number of carbonyl (C=O) groups is 2. The minimum Gasteiger partial charge on any atom is -0.550 e. The Kier molecular flexibility index (Phi) is 5.91. The van der Waals surface area contributed by atoms with E-state index in [9.17, 15) is 19.5 Å². The lowest BCUT2D eigenvalue weighted by Crippen LogP contribution is -2.42. The maximum atomic E-state index is 12.8. The molecule has 1 aliphatic carbocycles. The lowest BCUT2D eigenvalue weighted by Gasteiger charge is -2.31. The van der Waals surface area contributed by atoms with Gasteiger partial charge in [-0.05, 0) is 26.2 Å². The fourth-order valence-electron chi connectivity index (χ4n) is 3.67. The summed E-state index contributed by atoms with van der Waals surface area (Å²) in [6, 6.07) is 3.09. The lowest BCUT2D eigenvalue weighted by atomic mass is 9.79. The Balaban J connectivity index is 1.89. The van der Waals surface area contributed by atoms with Crippen molar-refractivity contribution in [3.63, 3.8) is 0 Å². The SMILES string of the molecule is CCCc1cc(=O)[nH]c(-n2nc(C)cc2NC(=O)[C@@H]2CCCC[C@H]2C(=O)[O-])n1. The Morgan fingerprint density at radius 3 is 2.68 bits per heavy atom. The van der Waals surface area contributed by atoms with Crippen LogP contribution in [0, 0.1) is 18.8 Å². The molecule has 3 rings (SSSR count). The number of hydrogen-bond donors (Lipinski definition) is 2. The van der Waals surface area contributed by atoms with E-state index in [0.29, 0.717) is 36.5 Å². The van der Waals surface area contributed by atoms with E-state index in [1.54, 1.807) is 13.0 Å². The summed E-state index contributed by atoms with van der Waals surface area (Å²) in [5.74, 6) is -2.48. The predicted octanol–water partition coefficient (Wildman–Crippen LogP) is 0.711. The summed E-state index contributed by atoms with van der Waals surface area (Å²) in [6.07, 6.45) is 3.99. The third kappa shape index (κ3) is 4.29. The Morgan fingerprint density at radius 1 is 1.29 bits per heavy atom. The first-order valence-electron chi connectivity index (χ1n) is 9.58. The van der Waals surface area contributed by atoms with E-state index in [2.05, 4.69) is 20.4 Å². The van der Waals surface area contributed by atoms with Crippen LogP contribution >= 0.6 is 0 Å². The maximum Gasteiger partial charge on any atom is 0.252 e. The van der Waals surface area contributed by atoms with Gasteiger partial charge in [-0.2, -0.15) is 9.78 Å². The first kappa shape index (κ1) is 19.8. The summed E-state index contributed by atoms with van der Waals surface area (Å²) >= 11 is 0. The smallest absolute Gasteiger partial charge is 0.252 e. The quantitative estimate of drug-likeness (QED) is 0.751. The van der Waals surface area contributed by atoms with E-state index in [0.717, 1.165) is 19.3 Å². The second kappa shape index (κ2) is 8.37. The van der Waals surface area contributed by atoms with Crippen molar-refractivity contribution in [2.45, 2.75) is 52.4 Å². The van der Waals surface area contributed by atoms with Gasteiger partial charge in [-0.3, -0.25) is 14.6 Å². The van der Waals surface area contributed by atoms with E-state index in [4.69, 9.17) is 0 Å². The average Bonchev–Trinajstić information content (AvgIpc) is 3.01. The predicted molar refractivity (Wildman–Crippen MR) is 99.8 cm³/mol. The van der Waals surface area contributed by atoms with Gasteiger partial charge in [0.05, 0.1) is 5.69 Å². The minimum absolute atomic E-state index is 0.208. The highest BCUT2D eigenvalue weighted by Crippen LogP contribution is 2.31. The van der Waals surface area contributed by atoms with Crippen molar-refractivity contribution in [1.82, 2.24) is 19.7 Å². The van der Waals surface area contributed by atoms with Crippen molar-refractivity contribution in [3.8, 4) is 5.95 Å². The molecular formula is C19H24N5O4-. The molecule has 2 N–H and O–H groups in total. The van der Waals surface area contributed by atoms with E-state index >= 15 is 0 Å². The summed E-state index contributed by atoms with van der Waals surface area (Å²) in [7, 11) is 0. The van der Waals surface area contributed by atoms with Gasteiger partial charge in [0.2, 0.25) is 11.9 Å². The summed E-state index contributed by atoms with van der Waals surface area (Å²) in [5, 5.41) is 18.5. The number of carboxylic acid groups (broad SMARTS) is 1. The van der Waals surface area contributed by atoms with Crippen LogP contribution < -0.4 is 16.0 Å². The Labute approximate surface area is 162 Å². The molecule has 150 valence electrons. The molecule has 1 amide bonds. The van der Waals surface area contributed by atoms with Crippen LogP contribution in [0.2, 0.25) is 0 Å². The van der Waals surface area contributed by atoms with Crippen LogP contribution in [0.15, 0.2) is 16.9 Å². The number of aryl methyl sites for hydroxylation is 2. The fraction of sp³-hybridized carbons (Fsp3) is 0.526. The first-order valence-corrected chi connectivity index (χ1v) is 9.58. The highest BCUT2D eigenvalue weighted by atomic mass is 16.4. The van der Waals surface area contributed by atoms with Crippen molar-refractivity contribution in [2.24, 2.45) is 11.8 Å². The number of carboxylic acids is 1. The molecule has 2 atom stereocenters. The molecule has 0 aliphatic heterocycles. The summed E-state index contributed by atoms with van der Waals surface area (Å²) < 4.78 is 1.37. The molecule has 9 heteroatoms. The number of amides is 1. The van der Waals surface area contributed by atoms with E-state index in [-0.39, 0.29) is 17.4 Å². The molecule has 28 heavy (non-hydrogen) atoms. The van der Waals surface area contributed by atoms with Gasteiger partial charge in [-0.15, -0.1) is 0 Å². The van der Waals surface area contributed by atoms with Gasteiger partial charge in [0.15, 0.2) is 0 Å². The van der Waals surface area contributed by atoms with Gasteiger partial charge < -0.3 is 15.2 Å². The molecule has 0 saturated heterocycles. The van der Waals surface area contributed by atoms with Gasteiger partial charge in [-0.1, -0.05) is 26.2 Å². The largest absolute Gasteiger partial charge is 0.550 e. The van der Waals surface area contributed by atoms with Crippen LogP contribution in [0.4, 0.5) is 5.82 Å². The van der Waals surface area contributed by atoms with Crippen molar-refractivity contribution < 1.29 is 14.7 Å². The zero-order valence-corrected chi connectivity index (χ0v) is 16.0. The minimum atomic E-state index is -1.19. The molecule has 2 aromatic rings. The second-order valence-corrected chi connectivity index (χ2v) is 7.20. The number of nitrogens with zero attached hydrogens (tertiary/aromatic N) is 3. The van der Waals surface area contributed by atoms with Crippen molar-refractivity contribution in [2.75, 3.05) is 5.32 Å². The van der Waals surface area contributed by atoms with Gasteiger partial charge in [0.25, 0.3) is 5.56 Å². The number of anilines is 1. The monoisotopic (exact) mass is 386 g/mol. The third-order valence-electron chi connectivity index (χ3n) is 4.98. The van der Waals surface area contributed by atoms with Gasteiger partial charge in [-0.25, -0.2) is 4.98 Å². The number of hydrogen-bond acceptors (Lipinski definition) is 6. The van der Waals surface area contributed by atoms with Crippen LogP contribution in [-0.4, -0.2) is 31.6 Å². The number of aliphatic carboxylic acids is 1. The van der Waals surface area contributed by atoms with Crippen LogP contribution in [0.3, 0.4) is 0 Å². The molecule has 2 heterocycles. The molecule has 1 saturated carbocycles. The van der Waals surface area contributed by atoms with Gasteiger partial charge in [0.1, 0.15) is 5.82 Å². The summed E-state index contributed by atoms with van der Waals surface area (Å²) in [5.41, 5.74) is 0.957. The number of aromatic nitrogens is 4. The topological polar surface area (TPSA) is 133 Å².